The molecule has 1 N–H and O–H groups in total. The van der Waals surface area contributed by atoms with Gasteiger partial charge in [-0.1, -0.05) is 6.92 Å². The summed E-state index contributed by atoms with van der Waals surface area (Å²) in [5.74, 6) is -0.186. The summed E-state index contributed by atoms with van der Waals surface area (Å²) in [6, 6.07) is 0. The highest BCUT2D eigenvalue weighted by atomic mass is 16.7. The molecule has 3 aliphatic rings. The minimum absolute atomic E-state index is 0.203. The van der Waals surface area contributed by atoms with Crippen LogP contribution in [0.2, 0.25) is 0 Å². The van der Waals surface area contributed by atoms with Crippen molar-refractivity contribution >= 4 is 0 Å². The van der Waals surface area contributed by atoms with Crippen LogP contribution in [0.1, 0.15) is 26.2 Å². The van der Waals surface area contributed by atoms with Gasteiger partial charge in [0.15, 0.2) is 5.79 Å². The average Bonchev–Trinajstić information content (AvgIpc) is 2.57. The van der Waals surface area contributed by atoms with E-state index < -0.39 is 5.79 Å². The summed E-state index contributed by atoms with van der Waals surface area (Å²) < 4.78 is 11.4. The lowest BCUT2D eigenvalue weighted by molar-refractivity contribution is -0.249. The van der Waals surface area contributed by atoms with E-state index in [1.807, 2.05) is 0 Å². The number of hydrogen-bond donors (Lipinski definition) is 1. The molecule has 13 heavy (non-hydrogen) atoms. The Morgan fingerprint density at radius 1 is 1.23 bits per heavy atom. The van der Waals surface area contributed by atoms with Crippen LogP contribution in [0.4, 0.5) is 0 Å². The minimum Gasteiger partial charge on any atom is -0.393 e. The molecule has 1 saturated heterocycles. The third kappa shape index (κ3) is 0.853. The van der Waals surface area contributed by atoms with E-state index in [4.69, 9.17) is 9.47 Å². The van der Waals surface area contributed by atoms with Crippen LogP contribution in [0.3, 0.4) is 0 Å². The summed E-state index contributed by atoms with van der Waals surface area (Å²) in [4.78, 5) is 0. The van der Waals surface area contributed by atoms with Crippen LogP contribution < -0.4 is 0 Å². The quantitative estimate of drug-likeness (QED) is 0.608. The van der Waals surface area contributed by atoms with Gasteiger partial charge in [0.2, 0.25) is 0 Å². The van der Waals surface area contributed by atoms with Gasteiger partial charge < -0.3 is 14.6 Å². The fourth-order valence-corrected chi connectivity index (χ4v) is 3.52. The maximum atomic E-state index is 9.75. The highest BCUT2D eigenvalue weighted by Crippen LogP contribution is 2.63. The Labute approximate surface area is 78.0 Å². The van der Waals surface area contributed by atoms with Gasteiger partial charge in [0.1, 0.15) is 0 Å². The van der Waals surface area contributed by atoms with Gasteiger partial charge in [0.25, 0.3) is 0 Å². The number of ether oxygens (including phenoxy) is 2. The van der Waals surface area contributed by atoms with Crippen molar-refractivity contribution < 1.29 is 14.6 Å². The van der Waals surface area contributed by atoms with Crippen molar-refractivity contribution in [2.45, 2.75) is 38.1 Å². The molecule has 3 atom stereocenters. The molecule has 0 unspecified atom stereocenters. The van der Waals surface area contributed by atoms with Crippen LogP contribution in [-0.2, 0) is 9.47 Å². The number of aliphatic hydroxyl groups excluding tert-OH is 1. The van der Waals surface area contributed by atoms with Crippen molar-refractivity contribution in [2.75, 3.05) is 13.2 Å². The molecular formula is C10H16O3. The van der Waals surface area contributed by atoms with Gasteiger partial charge in [0, 0.05) is 12.3 Å². The topological polar surface area (TPSA) is 38.7 Å². The minimum atomic E-state index is -0.410. The van der Waals surface area contributed by atoms with Crippen LogP contribution >= 0.6 is 0 Å². The molecule has 3 heteroatoms. The van der Waals surface area contributed by atoms with E-state index in [-0.39, 0.29) is 17.4 Å². The fourth-order valence-electron chi connectivity index (χ4n) is 3.52. The predicted octanol–water partition coefficient (Wildman–Crippen LogP) is 0.910. The van der Waals surface area contributed by atoms with Crippen LogP contribution in [-0.4, -0.2) is 30.2 Å². The molecule has 0 radical (unpaired) electrons. The van der Waals surface area contributed by atoms with E-state index in [0.29, 0.717) is 13.2 Å². The molecule has 3 fully saturated rings. The lowest BCUT2D eigenvalue weighted by atomic mass is 9.60. The Morgan fingerprint density at radius 2 is 1.92 bits per heavy atom. The zero-order valence-corrected chi connectivity index (χ0v) is 7.95. The van der Waals surface area contributed by atoms with E-state index in [1.54, 1.807) is 0 Å². The summed E-state index contributed by atoms with van der Waals surface area (Å²) in [7, 11) is 0. The summed E-state index contributed by atoms with van der Waals surface area (Å²) in [6.07, 6.45) is 2.82. The zero-order valence-electron chi connectivity index (χ0n) is 7.95. The highest BCUT2D eigenvalue weighted by molar-refractivity contribution is 5.11. The number of rotatable bonds is 0. The molecule has 0 amide bonds. The molecule has 0 aromatic carbocycles. The van der Waals surface area contributed by atoms with Gasteiger partial charge in [-0.3, -0.25) is 0 Å². The second-order valence-electron chi connectivity index (χ2n) is 4.91. The van der Waals surface area contributed by atoms with E-state index >= 15 is 0 Å². The summed E-state index contributed by atoms with van der Waals surface area (Å²) in [6.45, 7) is 3.63. The number of aliphatic hydroxyl groups is 1. The van der Waals surface area contributed by atoms with Crippen LogP contribution in [0.5, 0.6) is 0 Å². The average molecular weight is 184 g/mol. The van der Waals surface area contributed by atoms with Crippen LogP contribution in [0.15, 0.2) is 0 Å². The third-order valence-corrected chi connectivity index (χ3v) is 4.11. The molecule has 0 aromatic rings. The monoisotopic (exact) mass is 184 g/mol. The first-order valence-electron chi connectivity index (χ1n) is 5.12. The summed E-state index contributed by atoms with van der Waals surface area (Å²) >= 11 is 0. The summed E-state index contributed by atoms with van der Waals surface area (Å²) in [5.41, 5.74) is 0.282. The van der Waals surface area contributed by atoms with Gasteiger partial charge >= 0.3 is 0 Å². The van der Waals surface area contributed by atoms with Crippen molar-refractivity contribution in [1.82, 2.24) is 0 Å². The van der Waals surface area contributed by atoms with Crippen LogP contribution in [0.25, 0.3) is 0 Å². The fraction of sp³-hybridized carbons (Fsp3) is 1.00. The molecule has 2 aliphatic carbocycles. The Bertz CT molecular complexity index is 234. The Balaban J connectivity index is 1.91. The molecule has 74 valence electrons. The first kappa shape index (κ1) is 8.21. The first-order chi connectivity index (χ1) is 6.16. The molecule has 1 spiro atoms. The maximum Gasteiger partial charge on any atom is 0.174 e. The third-order valence-electron chi connectivity index (χ3n) is 4.11. The lowest BCUT2D eigenvalue weighted by Crippen LogP contribution is -2.56. The largest absolute Gasteiger partial charge is 0.393 e. The zero-order chi connectivity index (χ0) is 9.10. The van der Waals surface area contributed by atoms with E-state index in [0.717, 1.165) is 19.3 Å². The molecule has 3 nitrogen and oxygen atoms in total. The SMILES string of the molecule is C[C@@]12CCC3(OCCO3)[C@@H]1[C@H](O)C2. The maximum absolute atomic E-state index is 9.75. The molecule has 1 heterocycles. The van der Waals surface area contributed by atoms with Gasteiger partial charge in [0.05, 0.1) is 19.3 Å². The van der Waals surface area contributed by atoms with Gasteiger partial charge in [-0.15, -0.1) is 0 Å². The van der Waals surface area contributed by atoms with Crippen molar-refractivity contribution in [3.63, 3.8) is 0 Å². The second kappa shape index (κ2) is 2.27. The van der Waals surface area contributed by atoms with E-state index in [9.17, 15) is 5.11 Å². The molecule has 1 aliphatic heterocycles. The van der Waals surface area contributed by atoms with Crippen molar-refractivity contribution in [2.24, 2.45) is 11.3 Å². The first-order valence-corrected chi connectivity index (χ1v) is 5.12. The number of hydrogen-bond acceptors (Lipinski definition) is 3. The van der Waals surface area contributed by atoms with Crippen LogP contribution in [0, 0.1) is 11.3 Å². The van der Waals surface area contributed by atoms with E-state index in [2.05, 4.69) is 6.92 Å². The molecule has 2 saturated carbocycles. The standard InChI is InChI=1S/C10H16O3/c1-9-2-3-10(12-4-5-13-10)8(9)7(11)6-9/h7-8,11H,2-6H2,1H3/t7-,8-,9+/m1/s1. The molecule has 0 aromatic heterocycles. The van der Waals surface area contributed by atoms with Crippen molar-refractivity contribution in [3.8, 4) is 0 Å². The highest BCUT2D eigenvalue weighted by Gasteiger charge is 2.67. The molecule has 0 bridgehead atoms. The number of fused-ring (bicyclic) bond motifs is 2. The molecule has 3 rings (SSSR count). The molecular weight excluding hydrogens is 168 g/mol. The predicted molar refractivity (Wildman–Crippen MR) is 46.1 cm³/mol. The Morgan fingerprint density at radius 3 is 2.54 bits per heavy atom. The Hall–Kier alpha value is -0.120. The normalized spacial score (nSPS) is 52.2. The smallest absolute Gasteiger partial charge is 0.174 e. The summed E-state index contributed by atoms with van der Waals surface area (Å²) in [5, 5.41) is 9.75. The van der Waals surface area contributed by atoms with E-state index in [1.165, 1.54) is 0 Å². The van der Waals surface area contributed by atoms with Gasteiger partial charge in [-0.25, -0.2) is 0 Å². The van der Waals surface area contributed by atoms with Crippen molar-refractivity contribution in [3.05, 3.63) is 0 Å². The lowest BCUT2D eigenvalue weighted by Gasteiger charge is -2.50. The van der Waals surface area contributed by atoms with Gasteiger partial charge in [-0.2, -0.15) is 0 Å². The van der Waals surface area contributed by atoms with Crippen molar-refractivity contribution in [1.29, 1.82) is 0 Å². The Kier molecular flexibility index (Phi) is 1.43. The second-order valence-corrected chi connectivity index (χ2v) is 4.91. The van der Waals surface area contributed by atoms with Gasteiger partial charge in [-0.05, 0) is 18.3 Å².